The fraction of sp³-hybridized carbons (Fsp3) is 0.684. The predicted octanol–water partition coefficient (Wildman–Crippen LogP) is 4.72. The van der Waals surface area contributed by atoms with E-state index in [2.05, 4.69) is 37.4 Å². The van der Waals surface area contributed by atoms with Gasteiger partial charge < -0.3 is 5.32 Å². The van der Waals surface area contributed by atoms with Gasteiger partial charge in [0, 0.05) is 6.04 Å². The van der Waals surface area contributed by atoms with Crippen molar-refractivity contribution in [2.24, 2.45) is 5.92 Å². The highest BCUT2D eigenvalue weighted by Gasteiger charge is 2.28. The third-order valence-electron chi connectivity index (χ3n) is 5.45. The lowest BCUT2D eigenvalue weighted by Crippen LogP contribution is -2.28. The molecule has 1 nitrogen and oxygen atoms in total. The van der Waals surface area contributed by atoms with E-state index in [0.29, 0.717) is 0 Å². The van der Waals surface area contributed by atoms with E-state index in [9.17, 15) is 0 Å². The first-order chi connectivity index (χ1) is 9.75. The predicted molar refractivity (Wildman–Crippen MR) is 86.3 cm³/mol. The average Bonchev–Trinajstić information content (AvgIpc) is 3.26. The fourth-order valence-corrected chi connectivity index (χ4v) is 3.82. The van der Waals surface area contributed by atoms with Crippen LogP contribution in [0.25, 0.3) is 0 Å². The van der Waals surface area contributed by atoms with Gasteiger partial charge in [0.25, 0.3) is 0 Å². The maximum Gasteiger partial charge on any atom is 0.00683 e. The Balaban J connectivity index is 1.79. The Morgan fingerprint density at radius 3 is 2.60 bits per heavy atom. The minimum atomic E-state index is 0.781. The fourth-order valence-electron chi connectivity index (χ4n) is 3.82. The molecule has 2 fully saturated rings. The number of rotatable bonds is 4. The van der Waals surface area contributed by atoms with Crippen molar-refractivity contribution < 1.29 is 0 Å². The molecule has 1 heteroatoms. The Morgan fingerprint density at radius 2 is 1.80 bits per heavy atom. The van der Waals surface area contributed by atoms with E-state index >= 15 is 0 Å². The molecule has 0 spiro atoms. The molecule has 2 unspecified atom stereocenters. The normalized spacial score (nSPS) is 27.3. The van der Waals surface area contributed by atoms with Crippen molar-refractivity contribution in [2.75, 3.05) is 6.54 Å². The summed E-state index contributed by atoms with van der Waals surface area (Å²) in [7, 11) is 0. The molecule has 2 aliphatic carbocycles. The van der Waals surface area contributed by atoms with Gasteiger partial charge in [0.05, 0.1) is 0 Å². The Labute approximate surface area is 124 Å². The second-order valence-electron chi connectivity index (χ2n) is 6.98. The van der Waals surface area contributed by atoms with Crippen LogP contribution in [0.4, 0.5) is 0 Å². The van der Waals surface area contributed by atoms with Crippen LogP contribution >= 0.6 is 0 Å². The van der Waals surface area contributed by atoms with Crippen LogP contribution in [0.15, 0.2) is 18.2 Å². The molecule has 110 valence electrons. The SMILES string of the molecule is Cc1cccc(C2CCCCCC2CNC2CC2)c1C. The number of hydrogen-bond acceptors (Lipinski definition) is 1. The lowest BCUT2D eigenvalue weighted by Gasteiger charge is -2.28. The van der Waals surface area contributed by atoms with Gasteiger partial charge in [-0.2, -0.15) is 0 Å². The number of benzene rings is 1. The van der Waals surface area contributed by atoms with E-state index in [0.717, 1.165) is 17.9 Å². The summed E-state index contributed by atoms with van der Waals surface area (Å²) in [6.45, 7) is 5.82. The van der Waals surface area contributed by atoms with Crippen molar-refractivity contribution in [1.82, 2.24) is 5.32 Å². The lowest BCUT2D eigenvalue weighted by molar-refractivity contribution is 0.373. The van der Waals surface area contributed by atoms with Gasteiger partial charge >= 0.3 is 0 Å². The van der Waals surface area contributed by atoms with Crippen LogP contribution in [0.2, 0.25) is 0 Å². The van der Waals surface area contributed by atoms with Crippen molar-refractivity contribution in [3.05, 3.63) is 34.9 Å². The first-order valence-electron chi connectivity index (χ1n) is 8.55. The van der Waals surface area contributed by atoms with E-state index in [1.54, 1.807) is 5.56 Å². The maximum atomic E-state index is 3.79. The molecule has 0 heterocycles. The molecule has 1 aromatic carbocycles. The van der Waals surface area contributed by atoms with Gasteiger partial charge in [-0.1, -0.05) is 37.5 Å². The highest BCUT2D eigenvalue weighted by molar-refractivity contribution is 5.36. The number of aryl methyl sites for hydroxylation is 1. The molecule has 3 rings (SSSR count). The zero-order chi connectivity index (χ0) is 13.9. The molecule has 0 saturated heterocycles. The van der Waals surface area contributed by atoms with Crippen molar-refractivity contribution in [3.63, 3.8) is 0 Å². The molecule has 2 saturated carbocycles. The first kappa shape index (κ1) is 14.1. The summed E-state index contributed by atoms with van der Waals surface area (Å²) in [5.41, 5.74) is 4.63. The summed E-state index contributed by atoms with van der Waals surface area (Å²) in [5.74, 6) is 1.63. The molecule has 1 aromatic rings. The van der Waals surface area contributed by atoms with Crippen LogP contribution in [0, 0.1) is 19.8 Å². The smallest absolute Gasteiger partial charge is 0.00683 e. The van der Waals surface area contributed by atoms with Crippen molar-refractivity contribution in [3.8, 4) is 0 Å². The van der Waals surface area contributed by atoms with Crippen LogP contribution < -0.4 is 5.32 Å². The molecule has 0 aromatic heterocycles. The maximum absolute atomic E-state index is 3.79. The monoisotopic (exact) mass is 271 g/mol. The van der Waals surface area contributed by atoms with Crippen LogP contribution in [0.5, 0.6) is 0 Å². The molecule has 0 bridgehead atoms. The van der Waals surface area contributed by atoms with E-state index in [1.807, 2.05) is 0 Å². The summed E-state index contributed by atoms with van der Waals surface area (Å²) >= 11 is 0. The minimum Gasteiger partial charge on any atom is -0.314 e. The number of nitrogens with one attached hydrogen (secondary N) is 1. The lowest BCUT2D eigenvalue weighted by atomic mass is 9.80. The first-order valence-corrected chi connectivity index (χ1v) is 8.55. The van der Waals surface area contributed by atoms with Gasteiger partial charge in [0.1, 0.15) is 0 Å². The molecule has 2 atom stereocenters. The Morgan fingerprint density at radius 1 is 1.00 bits per heavy atom. The van der Waals surface area contributed by atoms with E-state index in [4.69, 9.17) is 0 Å². The molecule has 2 aliphatic rings. The van der Waals surface area contributed by atoms with E-state index in [-0.39, 0.29) is 0 Å². The van der Waals surface area contributed by atoms with Gasteiger partial charge in [0.2, 0.25) is 0 Å². The van der Waals surface area contributed by atoms with Gasteiger partial charge in [-0.05, 0) is 74.6 Å². The van der Waals surface area contributed by atoms with Crippen molar-refractivity contribution >= 4 is 0 Å². The van der Waals surface area contributed by atoms with Crippen molar-refractivity contribution in [2.45, 2.75) is 70.8 Å². The summed E-state index contributed by atoms with van der Waals surface area (Å²) in [6, 6.07) is 7.75. The summed E-state index contributed by atoms with van der Waals surface area (Å²) in [4.78, 5) is 0. The van der Waals surface area contributed by atoms with Crippen LogP contribution in [-0.2, 0) is 0 Å². The molecule has 0 radical (unpaired) electrons. The molecule has 0 amide bonds. The molecule has 0 aliphatic heterocycles. The second-order valence-corrected chi connectivity index (χ2v) is 6.98. The molecule has 20 heavy (non-hydrogen) atoms. The zero-order valence-corrected chi connectivity index (χ0v) is 13.1. The molecular formula is C19H29N. The number of hydrogen-bond donors (Lipinski definition) is 1. The third-order valence-corrected chi connectivity index (χ3v) is 5.45. The van der Waals surface area contributed by atoms with Crippen LogP contribution in [0.3, 0.4) is 0 Å². The highest BCUT2D eigenvalue weighted by Crippen LogP contribution is 2.38. The van der Waals surface area contributed by atoms with E-state index in [1.165, 1.54) is 62.6 Å². The summed E-state index contributed by atoms with van der Waals surface area (Å²) in [5, 5.41) is 3.79. The summed E-state index contributed by atoms with van der Waals surface area (Å²) in [6.07, 6.45) is 9.89. The van der Waals surface area contributed by atoms with Crippen LogP contribution in [0.1, 0.15) is 67.6 Å². The topological polar surface area (TPSA) is 12.0 Å². The van der Waals surface area contributed by atoms with Gasteiger partial charge in [-0.25, -0.2) is 0 Å². The van der Waals surface area contributed by atoms with Crippen molar-refractivity contribution in [1.29, 1.82) is 0 Å². The van der Waals surface area contributed by atoms with Gasteiger partial charge in [-0.3, -0.25) is 0 Å². The van der Waals surface area contributed by atoms with Crippen LogP contribution in [-0.4, -0.2) is 12.6 Å². The summed E-state index contributed by atoms with van der Waals surface area (Å²) < 4.78 is 0. The van der Waals surface area contributed by atoms with Gasteiger partial charge in [-0.15, -0.1) is 0 Å². The second kappa shape index (κ2) is 6.30. The quantitative estimate of drug-likeness (QED) is 0.781. The Bertz CT molecular complexity index is 447. The Hall–Kier alpha value is -0.820. The molecule has 1 N–H and O–H groups in total. The highest BCUT2D eigenvalue weighted by atomic mass is 14.9. The van der Waals surface area contributed by atoms with Gasteiger partial charge in [0.15, 0.2) is 0 Å². The molecular weight excluding hydrogens is 242 g/mol. The standard InChI is InChI=1S/C19H29N/c1-14-7-6-10-18(15(14)2)19-9-5-3-4-8-16(19)13-20-17-11-12-17/h6-7,10,16-17,19-20H,3-5,8-9,11-13H2,1-2H3. The zero-order valence-electron chi connectivity index (χ0n) is 13.1. The Kier molecular flexibility index (Phi) is 4.45. The largest absolute Gasteiger partial charge is 0.314 e. The van der Waals surface area contributed by atoms with E-state index < -0.39 is 0 Å². The third kappa shape index (κ3) is 3.25. The average molecular weight is 271 g/mol. The minimum absolute atomic E-state index is 0.781.